The molecule has 0 radical (unpaired) electrons. The second kappa shape index (κ2) is 8.38. The number of hydrogen-bond donors (Lipinski definition) is 1. The minimum absolute atomic E-state index is 0.676. The Bertz CT molecular complexity index is 358. The standard InChI is InChI=1S/C17H29N3/c1-3-9-19-15(2)17-7-12-20(13-8-17)11-6-16-5-4-10-18-14-16/h4-5,10,14-15,17,19H,3,6-9,11-13H2,1-2H3. The first-order valence-electron chi connectivity index (χ1n) is 8.14. The van der Waals surface area contributed by atoms with Crippen molar-refractivity contribution in [3.05, 3.63) is 30.1 Å². The molecular weight excluding hydrogens is 246 g/mol. The SMILES string of the molecule is CCCNC(C)C1CCN(CCc2cccnc2)CC1. The van der Waals surface area contributed by atoms with Crippen molar-refractivity contribution >= 4 is 0 Å². The van der Waals surface area contributed by atoms with Crippen molar-refractivity contribution in [1.29, 1.82) is 0 Å². The van der Waals surface area contributed by atoms with Gasteiger partial charge in [-0.25, -0.2) is 0 Å². The number of piperidine rings is 1. The molecule has 0 saturated carbocycles. The fourth-order valence-corrected chi connectivity index (χ4v) is 3.05. The molecular formula is C17H29N3. The van der Waals surface area contributed by atoms with Crippen LogP contribution in [-0.2, 0) is 6.42 Å². The first-order chi connectivity index (χ1) is 9.79. The molecule has 3 heteroatoms. The maximum absolute atomic E-state index is 4.19. The van der Waals surface area contributed by atoms with Gasteiger partial charge in [-0.15, -0.1) is 0 Å². The Morgan fingerprint density at radius 1 is 1.40 bits per heavy atom. The lowest BCUT2D eigenvalue weighted by Crippen LogP contribution is -2.42. The lowest BCUT2D eigenvalue weighted by Gasteiger charge is -2.35. The predicted octanol–water partition coefficient (Wildman–Crippen LogP) is 2.72. The highest BCUT2D eigenvalue weighted by atomic mass is 15.1. The van der Waals surface area contributed by atoms with Gasteiger partial charge in [0.15, 0.2) is 0 Å². The largest absolute Gasteiger partial charge is 0.314 e. The van der Waals surface area contributed by atoms with E-state index in [0.717, 1.165) is 18.9 Å². The van der Waals surface area contributed by atoms with Gasteiger partial charge in [-0.1, -0.05) is 13.0 Å². The summed E-state index contributed by atoms with van der Waals surface area (Å²) < 4.78 is 0. The van der Waals surface area contributed by atoms with Crippen molar-refractivity contribution in [2.24, 2.45) is 5.92 Å². The summed E-state index contributed by atoms with van der Waals surface area (Å²) in [6, 6.07) is 4.88. The van der Waals surface area contributed by atoms with E-state index in [-0.39, 0.29) is 0 Å². The summed E-state index contributed by atoms with van der Waals surface area (Å²) >= 11 is 0. The molecule has 0 amide bonds. The monoisotopic (exact) mass is 275 g/mol. The third-order valence-corrected chi connectivity index (χ3v) is 4.50. The zero-order valence-corrected chi connectivity index (χ0v) is 13.0. The van der Waals surface area contributed by atoms with Gasteiger partial charge in [0, 0.05) is 25.0 Å². The predicted molar refractivity (Wildman–Crippen MR) is 84.9 cm³/mol. The summed E-state index contributed by atoms with van der Waals surface area (Å²) in [5.41, 5.74) is 1.35. The lowest BCUT2D eigenvalue weighted by atomic mass is 9.90. The van der Waals surface area contributed by atoms with E-state index >= 15 is 0 Å². The summed E-state index contributed by atoms with van der Waals surface area (Å²) in [6.07, 6.45) is 8.87. The Labute approximate surface area is 123 Å². The fraction of sp³-hybridized carbons (Fsp3) is 0.706. The molecule has 1 N–H and O–H groups in total. The highest BCUT2D eigenvalue weighted by Crippen LogP contribution is 2.20. The maximum Gasteiger partial charge on any atom is 0.0300 e. The lowest BCUT2D eigenvalue weighted by molar-refractivity contribution is 0.164. The number of nitrogens with one attached hydrogen (secondary N) is 1. The highest BCUT2D eigenvalue weighted by molar-refractivity contribution is 5.08. The Hall–Kier alpha value is -0.930. The molecule has 1 aromatic rings. The summed E-state index contributed by atoms with van der Waals surface area (Å²) in [6.45, 7) is 9.43. The van der Waals surface area contributed by atoms with Crippen molar-refractivity contribution in [3.63, 3.8) is 0 Å². The second-order valence-electron chi connectivity index (χ2n) is 6.03. The molecule has 2 heterocycles. The van der Waals surface area contributed by atoms with Gasteiger partial charge in [-0.2, -0.15) is 0 Å². The van der Waals surface area contributed by atoms with Crippen LogP contribution in [0.5, 0.6) is 0 Å². The van der Waals surface area contributed by atoms with E-state index in [4.69, 9.17) is 0 Å². The fourth-order valence-electron chi connectivity index (χ4n) is 3.05. The zero-order chi connectivity index (χ0) is 14.2. The quantitative estimate of drug-likeness (QED) is 0.829. The molecule has 1 atom stereocenters. The van der Waals surface area contributed by atoms with Gasteiger partial charge in [-0.05, 0) is 69.8 Å². The van der Waals surface area contributed by atoms with E-state index in [0.29, 0.717) is 6.04 Å². The van der Waals surface area contributed by atoms with Crippen LogP contribution in [0.4, 0.5) is 0 Å². The van der Waals surface area contributed by atoms with Crippen LogP contribution < -0.4 is 5.32 Å². The highest BCUT2D eigenvalue weighted by Gasteiger charge is 2.23. The molecule has 0 aromatic carbocycles. The van der Waals surface area contributed by atoms with Crippen LogP contribution >= 0.6 is 0 Å². The Morgan fingerprint density at radius 2 is 2.20 bits per heavy atom. The molecule has 1 aliphatic rings. The van der Waals surface area contributed by atoms with Gasteiger partial charge in [0.25, 0.3) is 0 Å². The molecule has 2 rings (SSSR count). The average molecular weight is 275 g/mol. The van der Waals surface area contributed by atoms with Crippen LogP contribution in [0.15, 0.2) is 24.5 Å². The van der Waals surface area contributed by atoms with Crippen LogP contribution in [0.25, 0.3) is 0 Å². The number of rotatable bonds is 7. The summed E-state index contributed by atoms with van der Waals surface area (Å²) in [5.74, 6) is 0.858. The van der Waals surface area contributed by atoms with Crippen molar-refractivity contribution in [2.75, 3.05) is 26.2 Å². The number of nitrogens with zero attached hydrogens (tertiary/aromatic N) is 2. The van der Waals surface area contributed by atoms with Crippen molar-refractivity contribution in [2.45, 2.75) is 45.6 Å². The Morgan fingerprint density at radius 3 is 2.85 bits per heavy atom. The summed E-state index contributed by atoms with van der Waals surface area (Å²) in [7, 11) is 0. The van der Waals surface area contributed by atoms with Crippen LogP contribution in [-0.4, -0.2) is 42.1 Å². The summed E-state index contributed by atoms with van der Waals surface area (Å²) in [4.78, 5) is 6.79. The van der Waals surface area contributed by atoms with Gasteiger partial charge < -0.3 is 10.2 Å². The van der Waals surface area contributed by atoms with Crippen molar-refractivity contribution in [3.8, 4) is 0 Å². The average Bonchev–Trinajstić information content (AvgIpc) is 2.52. The molecule has 1 saturated heterocycles. The molecule has 1 unspecified atom stereocenters. The zero-order valence-electron chi connectivity index (χ0n) is 13.0. The van der Waals surface area contributed by atoms with E-state index in [2.05, 4.69) is 35.1 Å². The minimum Gasteiger partial charge on any atom is -0.314 e. The molecule has 0 bridgehead atoms. The van der Waals surface area contributed by atoms with E-state index in [1.807, 2.05) is 18.5 Å². The Balaban J connectivity index is 1.66. The van der Waals surface area contributed by atoms with Gasteiger partial charge >= 0.3 is 0 Å². The normalized spacial score (nSPS) is 19.1. The first-order valence-corrected chi connectivity index (χ1v) is 8.14. The molecule has 3 nitrogen and oxygen atoms in total. The number of aromatic nitrogens is 1. The third kappa shape index (κ3) is 4.88. The number of hydrogen-bond acceptors (Lipinski definition) is 3. The van der Waals surface area contributed by atoms with Gasteiger partial charge in [0.1, 0.15) is 0 Å². The molecule has 0 aliphatic carbocycles. The third-order valence-electron chi connectivity index (χ3n) is 4.50. The molecule has 1 aliphatic heterocycles. The van der Waals surface area contributed by atoms with Crippen molar-refractivity contribution in [1.82, 2.24) is 15.2 Å². The van der Waals surface area contributed by atoms with Crippen molar-refractivity contribution < 1.29 is 0 Å². The molecule has 1 aromatic heterocycles. The first kappa shape index (κ1) is 15.5. The maximum atomic E-state index is 4.19. The minimum atomic E-state index is 0.676. The van der Waals surface area contributed by atoms with E-state index in [1.54, 1.807) is 0 Å². The topological polar surface area (TPSA) is 28.2 Å². The summed E-state index contributed by atoms with van der Waals surface area (Å²) in [5, 5.41) is 3.65. The molecule has 112 valence electrons. The van der Waals surface area contributed by atoms with Crippen LogP contribution in [0.2, 0.25) is 0 Å². The number of likely N-dealkylation sites (tertiary alicyclic amines) is 1. The van der Waals surface area contributed by atoms with Crippen LogP contribution in [0.3, 0.4) is 0 Å². The van der Waals surface area contributed by atoms with E-state index < -0.39 is 0 Å². The van der Waals surface area contributed by atoms with Crippen LogP contribution in [0, 0.1) is 5.92 Å². The smallest absolute Gasteiger partial charge is 0.0300 e. The molecule has 1 fully saturated rings. The van der Waals surface area contributed by atoms with Crippen LogP contribution in [0.1, 0.15) is 38.7 Å². The van der Waals surface area contributed by atoms with E-state index in [9.17, 15) is 0 Å². The van der Waals surface area contributed by atoms with Gasteiger partial charge in [0.2, 0.25) is 0 Å². The molecule has 0 spiro atoms. The van der Waals surface area contributed by atoms with E-state index in [1.165, 1.54) is 44.5 Å². The second-order valence-corrected chi connectivity index (χ2v) is 6.03. The van der Waals surface area contributed by atoms with Gasteiger partial charge in [0.05, 0.1) is 0 Å². The number of pyridine rings is 1. The van der Waals surface area contributed by atoms with Gasteiger partial charge in [-0.3, -0.25) is 4.98 Å². The molecule has 20 heavy (non-hydrogen) atoms. The Kier molecular flexibility index (Phi) is 6.48.